The van der Waals surface area contributed by atoms with E-state index in [2.05, 4.69) is 15.4 Å². The minimum absolute atomic E-state index is 0.0402. The van der Waals surface area contributed by atoms with Crippen LogP contribution in [0.3, 0.4) is 0 Å². The molecule has 0 heterocycles. The molecule has 0 spiro atoms. The molecule has 0 radical (unpaired) electrons. The van der Waals surface area contributed by atoms with E-state index < -0.39 is 57.2 Å². The summed E-state index contributed by atoms with van der Waals surface area (Å²) in [6.07, 6.45) is 7.99. The summed E-state index contributed by atoms with van der Waals surface area (Å²) >= 11 is 0. The van der Waals surface area contributed by atoms with E-state index in [0.717, 1.165) is 24.3 Å². The fourth-order valence-electron chi connectivity index (χ4n) is 3.59. The van der Waals surface area contributed by atoms with Gasteiger partial charge in [-0.3, -0.25) is 9.11 Å². The van der Waals surface area contributed by atoms with Gasteiger partial charge in [-0.25, -0.2) is 13.2 Å². The monoisotopic (exact) mass is 561 g/mol. The molecule has 198 valence electrons. The van der Waals surface area contributed by atoms with Gasteiger partial charge in [0.1, 0.15) is 10.1 Å². The molecule has 1 fully saturated rings. The Balaban J connectivity index is 2.07. The van der Waals surface area contributed by atoms with Gasteiger partial charge in [0.05, 0.1) is 10.8 Å². The highest BCUT2D eigenvalue weighted by Gasteiger charge is 2.48. The maximum atomic E-state index is 12.7. The second-order valence-corrected chi connectivity index (χ2v) is 13.7. The highest BCUT2D eigenvalue weighted by molar-refractivity contribution is 7.90. The Morgan fingerprint density at radius 1 is 1.08 bits per heavy atom. The Labute approximate surface area is 210 Å². The van der Waals surface area contributed by atoms with Crippen LogP contribution in [0, 0.1) is 0 Å². The number of anilines is 1. The Morgan fingerprint density at radius 3 is 2.31 bits per heavy atom. The predicted molar refractivity (Wildman–Crippen MR) is 134 cm³/mol. The third-order valence-electron chi connectivity index (χ3n) is 5.35. The third kappa shape index (κ3) is 6.80. The smallest absolute Gasteiger partial charge is 0.319 e. The van der Waals surface area contributed by atoms with Gasteiger partial charge in [0.15, 0.2) is 0 Å². The molecule has 2 aliphatic rings. The number of hydrogen-bond acceptors (Lipinski definition) is 7. The van der Waals surface area contributed by atoms with Gasteiger partial charge in [-0.15, -0.1) is 0 Å². The second-order valence-electron chi connectivity index (χ2n) is 8.77. The van der Waals surface area contributed by atoms with Gasteiger partial charge in [0.25, 0.3) is 20.2 Å². The first-order valence-corrected chi connectivity index (χ1v) is 15.3. The molecule has 12 nitrogen and oxygen atoms in total. The summed E-state index contributed by atoms with van der Waals surface area (Å²) in [5, 5.41) is 2.51. The summed E-state index contributed by atoms with van der Waals surface area (Å²) in [6, 6.07) is 2.76. The molecule has 1 aromatic rings. The van der Waals surface area contributed by atoms with Crippen molar-refractivity contribution >= 4 is 48.1 Å². The fraction of sp³-hybridized carbons (Fsp3) is 0.381. The van der Waals surface area contributed by atoms with E-state index >= 15 is 0 Å². The molecule has 0 bridgehead atoms. The van der Waals surface area contributed by atoms with E-state index in [0.29, 0.717) is 12.8 Å². The lowest BCUT2D eigenvalue weighted by molar-refractivity contribution is 0.250. The van der Waals surface area contributed by atoms with Crippen LogP contribution in [0.5, 0.6) is 0 Å². The molecular formula is C21H27N3O9S3. The molecule has 0 saturated heterocycles. The SMILES string of the molecule is CC(C)NC(=O)Nc1ccc(/C=C/C2(NS(=O)(=O)C3CC3)C=CC=CC2S(=O)(=O)O)c(S(=O)(=O)O)c1. The van der Waals surface area contributed by atoms with Crippen LogP contribution >= 0.6 is 0 Å². The van der Waals surface area contributed by atoms with Gasteiger partial charge >= 0.3 is 6.03 Å². The summed E-state index contributed by atoms with van der Waals surface area (Å²) < 4.78 is 95.9. The second kappa shape index (κ2) is 10.1. The number of allylic oxidation sites excluding steroid dienone is 2. The first kappa shape index (κ1) is 28.0. The minimum atomic E-state index is -4.83. The molecule has 2 unspecified atom stereocenters. The predicted octanol–water partition coefficient (Wildman–Crippen LogP) is 1.68. The van der Waals surface area contributed by atoms with E-state index in [1.807, 2.05) is 0 Å². The highest BCUT2D eigenvalue weighted by atomic mass is 32.2. The van der Waals surface area contributed by atoms with Crippen LogP contribution in [-0.4, -0.2) is 62.5 Å². The number of amides is 2. The van der Waals surface area contributed by atoms with Crippen LogP contribution in [0.4, 0.5) is 10.5 Å². The molecule has 0 aromatic heterocycles. The van der Waals surface area contributed by atoms with Crippen LogP contribution in [0.1, 0.15) is 32.3 Å². The summed E-state index contributed by atoms with van der Waals surface area (Å²) in [6.45, 7) is 3.44. The summed E-state index contributed by atoms with van der Waals surface area (Å²) in [5.74, 6) is 0. The normalized spacial score (nSPS) is 22.8. The molecule has 2 aliphatic carbocycles. The van der Waals surface area contributed by atoms with Crippen LogP contribution in [-0.2, 0) is 30.3 Å². The van der Waals surface area contributed by atoms with Crippen LogP contribution in [0.15, 0.2) is 53.5 Å². The van der Waals surface area contributed by atoms with Gasteiger partial charge in [0, 0.05) is 11.7 Å². The standard InChI is InChI=1S/C21H27N3O9S3/c1-14(2)22-20(25)23-16-7-6-15(18(13-16)35(28,29)30)10-12-21(24-34(26,27)17-8-9-17)11-4-3-5-19(21)36(31,32)33/h3-7,10-14,17,19,24H,8-9H2,1-2H3,(H2,22,23,25)(H,28,29,30)(H,31,32,33)/b12-10+. The van der Waals surface area contributed by atoms with Crippen molar-refractivity contribution in [2.45, 2.75) is 53.7 Å². The average molecular weight is 562 g/mol. The maximum absolute atomic E-state index is 12.7. The zero-order chi connectivity index (χ0) is 26.9. The first-order valence-electron chi connectivity index (χ1n) is 10.8. The summed E-state index contributed by atoms with van der Waals surface area (Å²) in [4.78, 5) is 11.3. The molecule has 0 aliphatic heterocycles. The quantitative estimate of drug-likeness (QED) is 0.279. The highest BCUT2D eigenvalue weighted by Crippen LogP contribution is 2.34. The fourth-order valence-corrected chi connectivity index (χ4v) is 7.06. The molecular weight excluding hydrogens is 534 g/mol. The van der Waals surface area contributed by atoms with E-state index in [-0.39, 0.29) is 17.3 Å². The molecule has 15 heteroatoms. The minimum Gasteiger partial charge on any atom is -0.336 e. The van der Waals surface area contributed by atoms with Crippen LogP contribution < -0.4 is 15.4 Å². The van der Waals surface area contributed by atoms with Crippen molar-refractivity contribution in [3.8, 4) is 0 Å². The zero-order valence-corrected chi connectivity index (χ0v) is 21.8. The first-order chi connectivity index (χ1) is 16.5. The number of carbonyl (C=O) groups is 1. The van der Waals surface area contributed by atoms with Gasteiger partial charge in [0.2, 0.25) is 10.0 Å². The van der Waals surface area contributed by atoms with Crippen LogP contribution in [0.2, 0.25) is 0 Å². The molecule has 36 heavy (non-hydrogen) atoms. The zero-order valence-electron chi connectivity index (χ0n) is 19.3. The van der Waals surface area contributed by atoms with E-state index in [4.69, 9.17) is 0 Å². The molecule has 2 atom stereocenters. The number of sulfonamides is 1. The van der Waals surface area contributed by atoms with Gasteiger partial charge in [-0.1, -0.05) is 42.5 Å². The van der Waals surface area contributed by atoms with Crippen LogP contribution in [0.25, 0.3) is 6.08 Å². The lowest BCUT2D eigenvalue weighted by Crippen LogP contribution is -2.57. The van der Waals surface area contributed by atoms with Gasteiger partial charge in [-0.05, 0) is 44.4 Å². The largest absolute Gasteiger partial charge is 0.336 e. The third-order valence-corrected chi connectivity index (χ3v) is 9.44. The Bertz CT molecular complexity index is 1440. The average Bonchev–Trinajstić information content (AvgIpc) is 3.57. The molecule has 3 rings (SSSR count). The number of benzene rings is 1. The van der Waals surface area contributed by atoms with Gasteiger partial charge in [-0.2, -0.15) is 21.6 Å². The summed E-state index contributed by atoms with van der Waals surface area (Å²) in [5.41, 5.74) is -2.08. The lowest BCUT2D eigenvalue weighted by atomic mass is 9.90. The Morgan fingerprint density at radius 2 is 1.75 bits per heavy atom. The van der Waals surface area contributed by atoms with E-state index in [9.17, 15) is 39.2 Å². The van der Waals surface area contributed by atoms with Crippen molar-refractivity contribution in [2.24, 2.45) is 0 Å². The molecule has 2 amide bonds. The molecule has 1 aromatic carbocycles. The number of nitrogens with one attached hydrogen (secondary N) is 3. The Hall–Kier alpha value is -2.56. The topological polar surface area (TPSA) is 196 Å². The molecule has 5 N–H and O–H groups in total. The van der Waals surface area contributed by atoms with Crippen molar-refractivity contribution in [1.82, 2.24) is 10.0 Å². The van der Waals surface area contributed by atoms with Crippen molar-refractivity contribution in [2.75, 3.05) is 5.32 Å². The summed E-state index contributed by atoms with van der Waals surface area (Å²) in [7, 11) is -13.6. The maximum Gasteiger partial charge on any atom is 0.319 e. The number of urea groups is 1. The van der Waals surface area contributed by atoms with Crippen molar-refractivity contribution in [3.05, 3.63) is 54.1 Å². The Kier molecular flexibility index (Phi) is 7.83. The van der Waals surface area contributed by atoms with Crippen molar-refractivity contribution < 1.29 is 39.2 Å². The van der Waals surface area contributed by atoms with E-state index in [1.54, 1.807) is 13.8 Å². The number of hydrogen-bond donors (Lipinski definition) is 5. The van der Waals surface area contributed by atoms with E-state index in [1.165, 1.54) is 30.4 Å². The van der Waals surface area contributed by atoms with Crippen molar-refractivity contribution in [1.29, 1.82) is 0 Å². The van der Waals surface area contributed by atoms with Crippen molar-refractivity contribution in [3.63, 3.8) is 0 Å². The lowest BCUT2D eigenvalue weighted by Gasteiger charge is -2.34. The van der Waals surface area contributed by atoms with Gasteiger partial charge < -0.3 is 10.6 Å². The number of carbonyl (C=O) groups excluding carboxylic acids is 1. The molecule has 1 saturated carbocycles. The number of rotatable bonds is 9.